The molecule has 10 nitrogen and oxygen atoms in total. The molecule has 3 N–H and O–H groups in total. The zero-order valence-electron chi connectivity index (χ0n) is 18.1. The van der Waals surface area contributed by atoms with Crippen LogP contribution in [0.25, 0.3) is 0 Å². The summed E-state index contributed by atoms with van der Waals surface area (Å²) in [4.78, 5) is 24.8. The summed E-state index contributed by atoms with van der Waals surface area (Å²) < 4.78 is 6.62. The number of alkyl carbamates (subject to hydrolysis) is 1. The summed E-state index contributed by atoms with van der Waals surface area (Å²) >= 11 is 0. The molecular weight excluding hydrogens is 412 g/mol. The van der Waals surface area contributed by atoms with E-state index in [2.05, 4.69) is 26.2 Å². The van der Waals surface area contributed by atoms with Gasteiger partial charge >= 0.3 is 6.09 Å². The molecule has 2 aromatic carbocycles. The maximum absolute atomic E-state index is 12.7. The summed E-state index contributed by atoms with van der Waals surface area (Å²) in [5.74, 6) is -0.619. The maximum Gasteiger partial charge on any atom is 0.408 e. The summed E-state index contributed by atoms with van der Waals surface area (Å²) in [6.45, 7) is 4.46. The highest BCUT2D eigenvalue weighted by Gasteiger charge is 2.27. The van der Waals surface area contributed by atoms with Crippen LogP contribution < -0.4 is 10.6 Å². The number of ether oxygens (including phenoxy) is 1. The van der Waals surface area contributed by atoms with Crippen LogP contribution in [0.1, 0.15) is 37.9 Å². The van der Waals surface area contributed by atoms with Crippen molar-refractivity contribution in [3.05, 3.63) is 71.8 Å². The van der Waals surface area contributed by atoms with Crippen LogP contribution in [0.4, 0.5) is 10.7 Å². The van der Waals surface area contributed by atoms with E-state index in [9.17, 15) is 14.7 Å². The zero-order valence-corrected chi connectivity index (χ0v) is 18.1. The van der Waals surface area contributed by atoms with E-state index in [1.165, 1.54) is 4.68 Å². The molecule has 168 valence electrons. The number of carbonyl (C=O) groups is 2. The van der Waals surface area contributed by atoms with Crippen LogP contribution in [0.2, 0.25) is 0 Å². The zero-order chi connectivity index (χ0) is 23.1. The van der Waals surface area contributed by atoms with Gasteiger partial charge in [-0.25, -0.2) is 4.79 Å². The largest absolute Gasteiger partial charge is 0.444 e. The van der Waals surface area contributed by atoms with Crippen molar-refractivity contribution in [3.63, 3.8) is 0 Å². The van der Waals surface area contributed by atoms with E-state index < -0.39 is 36.3 Å². The van der Waals surface area contributed by atoms with Crippen molar-refractivity contribution < 1.29 is 19.4 Å². The van der Waals surface area contributed by atoms with Gasteiger partial charge in [0, 0.05) is 0 Å². The lowest BCUT2D eigenvalue weighted by Gasteiger charge is -2.23. The number of aliphatic hydroxyl groups excluding tert-OH is 1. The predicted octanol–water partition coefficient (Wildman–Crippen LogP) is 2.13. The van der Waals surface area contributed by atoms with Crippen LogP contribution in [0.5, 0.6) is 0 Å². The van der Waals surface area contributed by atoms with E-state index in [4.69, 9.17) is 4.74 Å². The molecule has 0 unspecified atom stereocenters. The smallest absolute Gasteiger partial charge is 0.408 e. The second-order valence-electron chi connectivity index (χ2n) is 8.04. The molecule has 3 rings (SSSR count). The Morgan fingerprint density at radius 2 is 1.59 bits per heavy atom. The highest BCUT2D eigenvalue weighted by molar-refractivity contribution is 5.95. The number of anilines is 1. The minimum absolute atomic E-state index is 0.0668. The number of benzene rings is 2. The van der Waals surface area contributed by atoms with Crippen molar-refractivity contribution in [2.24, 2.45) is 0 Å². The summed E-state index contributed by atoms with van der Waals surface area (Å²) in [5, 5.41) is 26.3. The van der Waals surface area contributed by atoms with Gasteiger partial charge in [-0.05, 0) is 42.3 Å². The first kappa shape index (κ1) is 22.9. The van der Waals surface area contributed by atoms with Crippen LogP contribution in [-0.4, -0.2) is 55.6 Å². The number of nitrogens with zero attached hydrogens (tertiary/aromatic N) is 4. The van der Waals surface area contributed by atoms with Gasteiger partial charge in [0.1, 0.15) is 17.7 Å². The number of aromatic nitrogens is 4. The van der Waals surface area contributed by atoms with Gasteiger partial charge in [0.05, 0.1) is 6.61 Å². The Kier molecular flexibility index (Phi) is 7.16. The standard InChI is InChI=1S/C22H26N6O4/c1-22(2,3)32-21(31)23-17(14-29)19(30)24-20-25-26-27-28(20)18(15-10-6-4-7-11-15)16-12-8-5-9-13-16/h4-13,17-18,29H,14H2,1-3H3,(H,23,31)(H,24,25,27,30)/t17-/m0/s1. The Balaban J connectivity index is 1.84. The number of rotatable bonds is 7. The molecule has 32 heavy (non-hydrogen) atoms. The van der Waals surface area contributed by atoms with Crippen LogP contribution >= 0.6 is 0 Å². The molecule has 2 amide bonds. The lowest BCUT2D eigenvalue weighted by atomic mass is 9.99. The number of carbonyl (C=O) groups excluding carboxylic acids is 2. The maximum atomic E-state index is 12.7. The Hall–Kier alpha value is -3.79. The van der Waals surface area contributed by atoms with E-state index in [1.807, 2.05) is 60.7 Å². The molecule has 1 heterocycles. The Bertz CT molecular complexity index is 994. The predicted molar refractivity (Wildman–Crippen MR) is 117 cm³/mol. The first-order valence-electron chi connectivity index (χ1n) is 10.1. The third-order valence-electron chi connectivity index (χ3n) is 4.39. The fourth-order valence-corrected chi connectivity index (χ4v) is 3.04. The molecule has 0 saturated heterocycles. The SMILES string of the molecule is CC(C)(C)OC(=O)N[C@@H](CO)C(=O)Nc1nnnn1C(c1ccccc1)c1ccccc1. The number of nitrogens with one attached hydrogen (secondary N) is 2. The van der Waals surface area contributed by atoms with Gasteiger partial charge in [0.2, 0.25) is 0 Å². The van der Waals surface area contributed by atoms with Gasteiger partial charge in [-0.3, -0.25) is 10.1 Å². The molecule has 0 fully saturated rings. The van der Waals surface area contributed by atoms with Crippen molar-refractivity contribution in [1.82, 2.24) is 25.5 Å². The van der Waals surface area contributed by atoms with Gasteiger partial charge < -0.3 is 15.2 Å². The quantitative estimate of drug-likeness (QED) is 0.515. The van der Waals surface area contributed by atoms with Gasteiger partial charge in [-0.15, -0.1) is 0 Å². The van der Waals surface area contributed by atoms with Gasteiger partial charge in [-0.2, -0.15) is 4.68 Å². The number of tetrazole rings is 1. The van der Waals surface area contributed by atoms with Crippen LogP contribution in [0.15, 0.2) is 60.7 Å². The second-order valence-corrected chi connectivity index (χ2v) is 8.04. The fourth-order valence-electron chi connectivity index (χ4n) is 3.04. The average molecular weight is 438 g/mol. The minimum atomic E-state index is -1.25. The van der Waals surface area contributed by atoms with Crippen molar-refractivity contribution >= 4 is 17.9 Å². The van der Waals surface area contributed by atoms with Crippen molar-refractivity contribution in [2.45, 2.75) is 38.5 Å². The van der Waals surface area contributed by atoms with Crippen molar-refractivity contribution in [2.75, 3.05) is 11.9 Å². The Morgan fingerprint density at radius 3 is 2.09 bits per heavy atom. The molecule has 10 heteroatoms. The highest BCUT2D eigenvalue weighted by atomic mass is 16.6. The summed E-state index contributed by atoms with van der Waals surface area (Å²) in [6, 6.07) is 17.5. The summed E-state index contributed by atoms with van der Waals surface area (Å²) in [7, 11) is 0. The third-order valence-corrected chi connectivity index (χ3v) is 4.39. The van der Waals surface area contributed by atoms with E-state index >= 15 is 0 Å². The van der Waals surface area contributed by atoms with Crippen molar-refractivity contribution in [1.29, 1.82) is 0 Å². The van der Waals surface area contributed by atoms with E-state index in [0.29, 0.717) is 0 Å². The molecule has 0 aliphatic rings. The molecule has 0 spiro atoms. The second kappa shape index (κ2) is 10.0. The molecule has 3 aromatic rings. The van der Waals surface area contributed by atoms with Gasteiger partial charge in [0.25, 0.3) is 11.9 Å². The first-order chi connectivity index (χ1) is 15.3. The molecule has 0 saturated carbocycles. The van der Waals surface area contributed by atoms with Crippen LogP contribution in [0, 0.1) is 0 Å². The molecule has 0 radical (unpaired) electrons. The average Bonchev–Trinajstić information content (AvgIpc) is 3.20. The molecule has 0 bridgehead atoms. The van der Waals surface area contributed by atoms with Crippen LogP contribution in [-0.2, 0) is 9.53 Å². The number of amides is 2. The van der Waals surface area contributed by atoms with Crippen molar-refractivity contribution in [3.8, 4) is 0 Å². The lowest BCUT2D eigenvalue weighted by Crippen LogP contribution is -2.48. The number of aliphatic hydroxyl groups is 1. The first-order valence-corrected chi connectivity index (χ1v) is 10.1. The number of hydrogen-bond donors (Lipinski definition) is 3. The normalized spacial score (nSPS) is 12.3. The Morgan fingerprint density at radius 1 is 1.03 bits per heavy atom. The van der Waals surface area contributed by atoms with Crippen LogP contribution in [0.3, 0.4) is 0 Å². The molecular formula is C22H26N6O4. The van der Waals surface area contributed by atoms with E-state index in [0.717, 1.165) is 11.1 Å². The van der Waals surface area contributed by atoms with E-state index in [1.54, 1.807) is 20.8 Å². The Labute approximate surface area is 185 Å². The fraction of sp³-hybridized carbons (Fsp3) is 0.318. The third kappa shape index (κ3) is 5.88. The minimum Gasteiger partial charge on any atom is -0.444 e. The monoisotopic (exact) mass is 438 g/mol. The number of hydrogen-bond acceptors (Lipinski definition) is 7. The molecule has 1 aromatic heterocycles. The molecule has 1 atom stereocenters. The topological polar surface area (TPSA) is 131 Å². The summed E-state index contributed by atoms with van der Waals surface area (Å²) in [6.07, 6.45) is -0.822. The molecule has 0 aliphatic heterocycles. The molecule has 0 aliphatic carbocycles. The van der Waals surface area contributed by atoms with Gasteiger partial charge in [-0.1, -0.05) is 65.8 Å². The summed E-state index contributed by atoms with van der Waals surface area (Å²) in [5.41, 5.74) is 1.07. The van der Waals surface area contributed by atoms with E-state index in [-0.39, 0.29) is 5.95 Å². The van der Waals surface area contributed by atoms with Gasteiger partial charge in [0.15, 0.2) is 0 Å². The lowest BCUT2D eigenvalue weighted by molar-refractivity contribution is -0.119. The highest BCUT2D eigenvalue weighted by Crippen LogP contribution is 2.27.